The molecule has 6 heteroatoms. The van der Waals surface area contributed by atoms with E-state index in [0.29, 0.717) is 18.7 Å². The van der Waals surface area contributed by atoms with Gasteiger partial charge in [-0.05, 0) is 30.2 Å². The summed E-state index contributed by atoms with van der Waals surface area (Å²) in [5, 5.41) is 2.86. The van der Waals surface area contributed by atoms with Crippen molar-refractivity contribution in [3.63, 3.8) is 0 Å². The van der Waals surface area contributed by atoms with E-state index < -0.39 is 5.91 Å². The molecule has 1 N–H and O–H groups in total. The van der Waals surface area contributed by atoms with Gasteiger partial charge in [0.05, 0.1) is 6.04 Å². The highest BCUT2D eigenvalue weighted by atomic mass is 16.5. The molecule has 1 aliphatic rings. The smallest absolute Gasteiger partial charge is 0.270 e. The van der Waals surface area contributed by atoms with E-state index in [2.05, 4.69) is 10.3 Å². The van der Waals surface area contributed by atoms with Gasteiger partial charge in [0.2, 0.25) is 0 Å². The van der Waals surface area contributed by atoms with Crippen molar-refractivity contribution in [1.82, 2.24) is 14.7 Å². The number of hydrogen-bond acceptors (Lipinski definition) is 4. The molecular weight excluding hydrogens is 306 g/mol. The maximum Gasteiger partial charge on any atom is 0.270 e. The molecule has 1 unspecified atom stereocenters. The second kappa shape index (κ2) is 5.81. The summed E-state index contributed by atoms with van der Waals surface area (Å²) in [6, 6.07) is 12.8. The largest absolute Gasteiger partial charge is 0.491 e. The Labute approximate surface area is 137 Å². The summed E-state index contributed by atoms with van der Waals surface area (Å²) in [6.07, 6.45) is 3.59. The zero-order chi connectivity index (χ0) is 16.5. The number of benzene rings is 1. The number of carbonyl (C=O) groups excluding carboxylic acids is 1. The van der Waals surface area contributed by atoms with Gasteiger partial charge in [-0.25, -0.2) is 4.98 Å². The highest BCUT2D eigenvalue weighted by molar-refractivity contribution is 5.94. The normalized spacial score (nSPS) is 16.2. The van der Waals surface area contributed by atoms with E-state index in [9.17, 15) is 9.59 Å². The molecule has 1 atom stereocenters. The number of fused-ring (bicyclic) bond motifs is 2. The third-order valence-electron chi connectivity index (χ3n) is 4.07. The van der Waals surface area contributed by atoms with Gasteiger partial charge in [-0.15, -0.1) is 0 Å². The number of carbonyl (C=O) groups is 1. The van der Waals surface area contributed by atoms with Gasteiger partial charge in [0.25, 0.3) is 11.5 Å². The van der Waals surface area contributed by atoms with Crippen LogP contribution in [0.3, 0.4) is 0 Å². The first-order valence-corrected chi connectivity index (χ1v) is 7.70. The second-order valence-electron chi connectivity index (χ2n) is 5.70. The lowest BCUT2D eigenvalue weighted by molar-refractivity contribution is 0.0913. The molecule has 1 aromatic carbocycles. The fraction of sp³-hybridized carbons (Fsp3) is 0.167. The van der Waals surface area contributed by atoms with E-state index in [0.717, 1.165) is 11.3 Å². The van der Waals surface area contributed by atoms with E-state index in [1.54, 1.807) is 24.4 Å². The molecule has 0 fully saturated rings. The molecule has 6 nitrogen and oxygen atoms in total. The topological polar surface area (TPSA) is 72.7 Å². The summed E-state index contributed by atoms with van der Waals surface area (Å²) >= 11 is 0. The number of ether oxygens (including phenoxy) is 1. The molecule has 120 valence electrons. The lowest BCUT2D eigenvalue weighted by Crippen LogP contribution is -2.44. The number of nitrogens with zero attached hydrogens (tertiary/aromatic N) is 2. The fourth-order valence-corrected chi connectivity index (χ4v) is 2.87. The number of para-hydroxylation sites is 1. The van der Waals surface area contributed by atoms with Gasteiger partial charge in [0.1, 0.15) is 23.6 Å². The average Bonchev–Trinajstić information content (AvgIpc) is 2.62. The van der Waals surface area contributed by atoms with Crippen molar-refractivity contribution in [3.8, 4) is 5.75 Å². The average molecular weight is 321 g/mol. The predicted octanol–water partition coefficient (Wildman–Crippen LogP) is 1.43. The summed E-state index contributed by atoms with van der Waals surface area (Å²) in [7, 11) is 0. The summed E-state index contributed by atoms with van der Waals surface area (Å²) in [4.78, 5) is 29.1. The third-order valence-corrected chi connectivity index (χ3v) is 4.07. The van der Waals surface area contributed by atoms with Gasteiger partial charge in [-0.3, -0.25) is 14.0 Å². The number of amides is 1. The highest BCUT2D eigenvalue weighted by Gasteiger charge is 2.23. The Hall–Kier alpha value is -3.15. The molecule has 2 aromatic heterocycles. The van der Waals surface area contributed by atoms with Crippen LogP contribution in [-0.2, 0) is 6.42 Å². The Morgan fingerprint density at radius 1 is 1.21 bits per heavy atom. The SMILES string of the molecule is O=C(NC1COc2ccccc2C1)c1cnc2ccccn2c1=O. The summed E-state index contributed by atoms with van der Waals surface area (Å²) in [5.41, 5.74) is 1.20. The van der Waals surface area contributed by atoms with Crippen LogP contribution in [0, 0.1) is 0 Å². The third kappa shape index (κ3) is 2.52. The van der Waals surface area contributed by atoms with Crippen molar-refractivity contribution in [3.05, 3.63) is 76.3 Å². The quantitative estimate of drug-likeness (QED) is 0.775. The number of pyridine rings is 1. The first-order chi connectivity index (χ1) is 11.7. The van der Waals surface area contributed by atoms with Gasteiger partial charge in [0, 0.05) is 12.4 Å². The van der Waals surface area contributed by atoms with Crippen LogP contribution in [0.1, 0.15) is 15.9 Å². The van der Waals surface area contributed by atoms with E-state index in [4.69, 9.17) is 4.74 Å². The van der Waals surface area contributed by atoms with Crippen molar-refractivity contribution < 1.29 is 9.53 Å². The monoisotopic (exact) mass is 321 g/mol. The number of rotatable bonds is 2. The fourth-order valence-electron chi connectivity index (χ4n) is 2.87. The Kier molecular flexibility index (Phi) is 3.49. The van der Waals surface area contributed by atoms with Gasteiger partial charge in [-0.2, -0.15) is 0 Å². The van der Waals surface area contributed by atoms with Gasteiger partial charge >= 0.3 is 0 Å². The minimum atomic E-state index is -0.432. The first-order valence-electron chi connectivity index (χ1n) is 7.70. The Morgan fingerprint density at radius 3 is 2.96 bits per heavy atom. The van der Waals surface area contributed by atoms with Crippen molar-refractivity contribution >= 4 is 11.6 Å². The summed E-state index contributed by atoms with van der Waals surface area (Å²) in [6.45, 7) is 0.380. The van der Waals surface area contributed by atoms with Gasteiger partial charge in [-0.1, -0.05) is 24.3 Å². The van der Waals surface area contributed by atoms with E-state index in [-0.39, 0.29) is 17.2 Å². The molecular formula is C18H15N3O3. The van der Waals surface area contributed by atoms with E-state index >= 15 is 0 Å². The number of aromatic nitrogens is 2. The number of nitrogens with one attached hydrogen (secondary N) is 1. The maximum atomic E-state index is 12.5. The van der Waals surface area contributed by atoms with Crippen LogP contribution < -0.4 is 15.6 Å². The second-order valence-corrected chi connectivity index (χ2v) is 5.70. The Morgan fingerprint density at radius 2 is 2.04 bits per heavy atom. The summed E-state index contributed by atoms with van der Waals surface area (Å²) in [5.74, 6) is 0.411. The lowest BCUT2D eigenvalue weighted by Gasteiger charge is -2.25. The molecule has 0 spiro atoms. The molecule has 1 aliphatic heterocycles. The molecule has 4 rings (SSSR count). The standard InChI is InChI=1S/C18H15N3O3/c22-17(14-10-19-16-7-3-4-8-21(16)18(14)23)20-13-9-12-5-1-2-6-15(12)24-11-13/h1-8,10,13H,9,11H2,(H,20,22). The molecule has 0 saturated heterocycles. The molecule has 3 heterocycles. The molecule has 0 aliphatic carbocycles. The molecule has 3 aromatic rings. The Bertz CT molecular complexity index is 980. The Balaban J connectivity index is 1.57. The van der Waals surface area contributed by atoms with Crippen LogP contribution in [0.25, 0.3) is 5.65 Å². The zero-order valence-electron chi connectivity index (χ0n) is 12.8. The lowest BCUT2D eigenvalue weighted by atomic mass is 10.0. The minimum Gasteiger partial charge on any atom is -0.491 e. The molecule has 0 radical (unpaired) electrons. The van der Waals surface area contributed by atoms with Crippen molar-refractivity contribution in [2.75, 3.05) is 6.61 Å². The van der Waals surface area contributed by atoms with Crippen molar-refractivity contribution in [2.45, 2.75) is 12.5 Å². The highest BCUT2D eigenvalue weighted by Crippen LogP contribution is 2.23. The van der Waals surface area contributed by atoms with Crippen LogP contribution in [0.15, 0.2) is 59.7 Å². The number of hydrogen-bond donors (Lipinski definition) is 1. The van der Waals surface area contributed by atoms with Crippen LogP contribution in [0.4, 0.5) is 0 Å². The summed E-state index contributed by atoms with van der Waals surface area (Å²) < 4.78 is 7.02. The van der Waals surface area contributed by atoms with Crippen LogP contribution in [0.2, 0.25) is 0 Å². The van der Waals surface area contributed by atoms with E-state index in [1.807, 2.05) is 24.3 Å². The van der Waals surface area contributed by atoms with E-state index in [1.165, 1.54) is 10.6 Å². The zero-order valence-corrected chi connectivity index (χ0v) is 12.8. The minimum absolute atomic E-state index is 0.0255. The molecule has 0 saturated carbocycles. The molecule has 0 bridgehead atoms. The maximum absolute atomic E-state index is 12.5. The van der Waals surface area contributed by atoms with Crippen LogP contribution in [-0.4, -0.2) is 27.9 Å². The van der Waals surface area contributed by atoms with Gasteiger partial charge < -0.3 is 10.1 Å². The van der Waals surface area contributed by atoms with Crippen LogP contribution in [0.5, 0.6) is 5.75 Å². The van der Waals surface area contributed by atoms with Crippen molar-refractivity contribution in [1.29, 1.82) is 0 Å². The van der Waals surface area contributed by atoms with Crippen LogP contribution >= 0.6 is 0 Å². The predicted molar refractivity (Wildman–Crippen MR) is 88.4 cm³/mol. The van der Waals surface area contributed by atoms with Crippen molar-refractivity contribution in [2.24, 2.45) is 0 Å². The molecule has 1 amide bonds. The van der Waals surface area contributed by atoms with Gasteiger partial charge in [0.15, 0.2) is 0 Å². The first kappa shape index (κ1) is 14.4. The molecule has 24 heavy (non-hydrogen) atoms.